The fraction of sp³-hybridized carbons (Fsp3) is 0.231. The molecule has 0 N–H and O–H groups in total. The minimum atomic E-state index is -0.0443. The van der Waals surface area contributed by atoms with Crippen LogP contribution in [0.5, 0.6) is 0 Å². The maximum atomic E-state index is 12.1. The molecular weight excluding hydrogens is 292 g/mol. The van der Waals surface area contributed by atoms with Crippen molar-refractivity contribution in [2.75, 3.05) is 0 Å². The second-order valence-corrected chi connectivity index (χ2v) is 6.73. The number of nitrogens with zero attached hydrogens (tertiary/aromatic N) is 4. The molecule has 0 amide bonds. The van der Waals surface area contributed by atoms with Crippen molar-refractivity contribution < 1.29 is 0 Å². The maximum Gasteiger partial charge on any atom is 0.258 e. The van der Waals surface area contributed by atoms with Crippen molar-refractivity contribution in [2.45, 2.75) is 23.9 Å². The van der Waals surface area contributed by atoms with Gasteiger partial charge in [-0.15, -0.1) is 10.2 Å². The zero-order chi connectivity index (χ0) is 14.1. The lowest BCUT2D eigenvalue weighted by Crippen LogP contribution is -2.17. The van der Waals surface area contributed by atoms with Crippen molar-refractivity contribution in [1.29, 1.82) is 0 Å². The summed E-state index contributed by atoms with van der Waals surface area (Å²) in [5.41, 5.74) is 2.29. The molecule has 0 spiro atoms. The summed E-state index contributed by atoms with van der Waals surface area (Å²) >= 11 is 3.10. The van der Waals surface area contributed by atoms with Crippen LogP contribution in [0, 0.1) is 13.8 Å². The minimum absolute atomic E-state index is 0.0443. The Morgan fingerprint density at radius 3 is 2.90 bits per heavy atom. The van der Waals surface area contributed by atoms with Crippen molar-refractivity contribution >= 4 is 28.7 Å². The van der Waals surface area contributed by atoms with Gasteiger partial charge in [0.1, 0.15) is 10.7 Å². The lowest BCUT2D eigenvalue weighted by molar-refractivity contribution is 0.964. The van der Waals surface area contributed by atoms with Crippen LogP contribution in [0.1, 0.15) is 16.4 Å². The number of fused-ring (bicyclic) bond motifs is 1. The van der Waals surface area contributed by atoms with Gasteiger partial charge in [-0.25, -0.2) is 4.98 Å². The predicted octanol–water partition coefficient (Wildman–Crippen LogP) is 2.46. The maximum absolute atomic E-state index is 12.1. The minimum Gasteiger partial charge on any atom is -0.269 e. The van der Waals surface area contributed by atoms with Gasteiger partial charge in [-0.05, 0) is 26.0 Å². The molecule has 3 heterocycles. The summed E-state index contributed by atoms with van der Waals surface area (Å²) in [6.07, 6.45) is 0. The number of hydrogen-bond acceptors (Lipinski definition) is 6. The molecule has 20 heavy (non-hydrogen) atoms. The molecule has 0 saturated carbocycles. The lowest BCUT2D eigenvalue weighted by Gasteiger charge is -2.05. The summed E-state index contributed by atoms with van der Waals surface area (Å²) in [5.74, 6) is 0.619. The van der Waals surface area contributed by atoms with Crippen LogP contribution < -0.4 is 5.56 Å². The van der Waals surface area contributed by atoms with Crippen LogP contribution >= 0.6 is 23.1 Å². The normalized spacial score (nSPS) is 11.1. The molecule has 0 radical (unpaired) electrons. The molecular formula is C13H12N4OS2. The number of rotatable bonds is 3. The highest BCUT2D eigenvalue weighted by molar-refractivity contribution is 8.00. The van der Waals surface area contributed by atoms with E-state index in [1.54, 1.807) is 33.6 Å². The van der Waals surface area contributed by atoms with Gasteiger partial charge in [-0.2, -0.15) is 0 Å². The Hall–Kier alpha value is -1.73. The van der Waals surface area contributed by atoms with Crippen LogP contribution in [-0.4, -0.2) is 19.6 Å². The SMILES string of the molecule is Cc1nnc(SCc2cc(=O)n3c(C)cccc3n2)s1. The first-order valence-corrected chi connectivity index (χ1v) is 7.85. The topological polar surface area (TPSA) is 60.2 Å². The molecule has 0 bridgehead atoms. The highest BCUT2D eigenvalue weighted by Crippen LogP contribution is 2.24. The van der Waals surface area contributed by atoms with Crippen LogP contribution in [0.2, 0.25) is 0 Å². The van der Waals surface area contributed by atoms with Gasteiger partial charge in [0, 0.05) is 17.5 Å². The van der Waals surface area contributed by atoms with Crippen LogP contribution in [0.3, 0.4) is 0 Å². The number of hydrogen-bond donors (Lipinski definition) is 0. The molecule has 3 rings (SSSR count). The van der Waals surface area contributed by atoms with E-state index in [1.807, 2.05) is 32.0 Å². The van der Waals surface area contributed by atoms with Crippen molar-refractivity contribution in [2.24, 2.45) is 0 Å². The van der Waals surface area contributed by atoms with Gasteiger partial charge in [0.25, 0.3) is 5.56 Å². The largest absolute Gasteiger partial charge is 0.269 e. The van der Waals surface area contributed by atoms with Gasteiger partial charge in [0.15, 0.2) is 4.34 Å². The third-order valence-electron chi connectivity index (χ3n) is 2.78. The average molecular weight is 304 g/mol. The van der Waals surface area contributed by atoms with Gasteiger partial charge in [-0.3, -0.25) is 9.20 Å². The monoisotopic (exact) mass is 304 g/mol. The quantitative estimate of drug-likeness (QED) is 0.696. The Bertz CT molecular complexity index is 825. The van der Waals surface area contributed by atoms with E-state index in [0.717, 1.165) is 20.7 Å². The molecule has 102 valence electrons. The van der Waals surface area contributed by atoms with Gasteiger partial charge in [0.2, 0.25) is 0 Å². The smallest absolute Gasteiger partial charge is 0.258 e. The van der Waals surface area contributed by atoms with Crippen molar-refractivity contribution in [3.05, 3.63) is 51.0 Å². The van der Waals surface area contributed by atoms with Crippen LogP contribution in [0.25, 0.3) is 5.65 Å². The molecule has 0 unspecified atom stereocenters. The first-order chi connectivity index (χ1) is 9.63. The second-order valence-electron chi connectivity index (χ2n) is 4.32. The third-order valence-corrected chi connectivity index (χ3v) is 4.79. The highest BCUT2D eigenvalue weighted by atomic mass is 32.2. The van der Waals surface area contributed by atoms with E-state index < -0.39 is 0 Å². The average Bonchev–Trinajstić information content (AvgIpc) is 2.82. The molecule has 7 heteroatoms. The first kappa shape index (κ1) is 13.3. The predicted molar refractivity (Wildman–Crippen MR) is 80.4 cm³/mol. The summed E-state index contributed by atoms with van der Waals surface area (Å²) in [6.45, 7) is 3.82. The standard InChI is InChI=1S/C13H12N4OS2/c1-8-4-3-5-11-14-10(6-12(18)17(8)11)7-19-13-16-15-9(2)20-13/h3-6H,7H2,1-2H3. The van der Waals surface area contributed by atoms with E-state index >= 15 is 0 Å². The van der Waals surface area contributed by atoms with Crippen molar-refractivity contribution in [1.82, 2.24) is 19.6 Å². The molecule has 0 saturated heterocycles. The van der Waals surface area contributed by atoms with E-state index in [2.05, 4.69) is 15.2 Å². The molecule has 0 aliphatic rings. The van der Waals surface area contributed by atoms with Gasteiger partial charge in [-0.1, -0.05) is 29.2 Å². The molecule has 0 atom stereocenters. The van der Waals surface area contributed by atoms with E-state index in [0.29, 0.717) is 11.4 Å². The van der Waals surface area contributed by atoms with Crippen molar-refractivity contribution in [3.63, 3.8) is 0 Å². The van der Waals surface area contributed by atoms with E-state index in [4.69, 9.17) is 0 Å². The fourth-order valence-electron chi connectivity index (χ4n) is 1.91. The van der Waals surface area contributed by atoms with Gasteiger partial charge < -0.3 is 0 Å². The Labute approximate surface area is 123 Å². The molecule has 3 aromatic heterocycles. The van der Waals surface area contributed by atoms with Crippen LogP contribution in [0.4, 0.5) is 0 Å². The van der Waals surface area contributed by atoms with Crippen molar-refractivity contribution in [3.8, 4) is 0 Å². The summed E-state index contributed by atoms with van der Waals surface area (Å²) < 4.78 is 2.51. The molecule has 0 aliphatic carbocycles. The Morgan fingerprint density at radius 2 is 2.15 bits per heavy atom. The Morgan fingerprint density at radius 1 is 1.30 bits per heavy atom. The third kappa shape index (κ3) is 2.59. The number of aromatic nitrogens is 4. The summed E-state index contributed by atoms with van der Waals surface area (Å²) in [7, 11) is 0. The summed E-state index contributed by atoms with van der Waals surface area (Å²) in [4.78, 5) is 16.6. The van der Waals surface area contributed by atoms with E-state index in [-0.39, 0.29) is 5.56 Å². The first-order valence-electron chi connectivity index (χ1n) is 6.05. The van der Waals surface area contributed by atoms with Gasteiger partial charge >= 0.3 is 0 Å². The molecule has 0 fully saturated rings. The zero-order valence-corrected chi connectivity index (χ0v) is 12.7. The Kier molecular flexibility index (Phi) is 3.54. The zero-order valence-electron chi connectivity index (χ0n) is 11.0. The molecule has 5 nitrogen and oxygen atoms in total. The van der Waals surface area contributed by atoms with E-state index in [1.165, 1.54) is 0 Å². The van der Waals surface area contributed by atoms with Crippen LogP contribution in [0.15, 0.2) is 33.4 Å². The second kappa shape index (κ2) is 5.34. The number of aryl methyl sites for hydroxylation is 2. The fourth-order valence-corrected chi connectivity index (χ4v) is 3.62. The lowest BCUT2D eigenvalue weighted by atomic mass is 10.3. The van der Waals surface area contributed by atoms with Crippen LogP contribution in [-0.2, 0) is 5.75 Å². The molecule has 0 aromatic carbocycles. The van der Waals surface area contributed by atoms with Gasteiger partial charge in [0.05, 0.1) is 5.69 Å². The van der Waals surface area contributed by atoms with E-state index in [9.17, 15) is 4.79 Å². The number of thioether (sulfide) groups is 1. The molecule has 0 aliphatic heterocycles. The highest BCUT2D eigenvalue weighted by Gasteiger charge is 2.06. The number of pyridine rings is 1. The summed E-state index contributed by atoms with van der Waals surface area (Å²) in [5, 5.41) is 8.96. The Balaban J connectivity index is 1.91. The molecule has 3 aromatic rings. The summed E-state index contributed by atoms with van der Waals surface area (Å²) in [6, 6.07) is 7.23.